The molecule has 1 atom stereocenters. The van der Waals surface area contributed by atoms with Crippen LogP contribution in [-0.2, 0) is 9.53 Å². The number of benzene rings is 2. The van der Waals surface area contributed by atoms with Gasteiger partial charge in [-0.15, -0.1) is 0 Å². The van der Waals surface area contributed by atoms with Gasteiger partial charge in [0.2, 0.25) is 5.91 Å². The number of thioether (sulfide) groups is 1. The molecular formula is C22H22FNO4S. The van der Waals surface area contributed by atoms with Crippen molar-refractivity contribution in [2.75, 3.05) is 26.3 Å². The van der Waals surface area contributed by atoms with Gasteiger partial charge < -0.3 is 14.4 Å². The topological polar surface area (TPSA) is 55.8 Å². The highest BCUT2D eigenvalue weighted by Crippen LogP contribution is 2.21. The van der Waals surface area contributed by atoms with Gasteiger partial charge in [0.1, 0.15) is 24.3 Å². The van der Waals surface area contributed by atoms with E-state index >= 15 is 0 Å². The summed E-state index contributed by atoms with van der Waals surface area (Å²) in [4.78, 5) is 26.9. The molecule has 1 heterocycles. The summed E-state index contributed by atoms with van der Waals surface area (Å²) < 4.78 is 24.7. The number of ketones is 1. The Morgan fingerprint density at radius 1 is 1.28 bits per heavy atom. The maximum absolute atomic E-state index is 13.4. The number of nitrogens with zero attached hydrogens (tertiary/aromatic N) is 1. The molecule has 1 saturated heterocycles. The molecule has 1 aliphatic rings. The van der Waals surface area contributed by atoms with Gasteiger partial charge in [0.15, 0.2) is 5.78 Å². The van der Waals surface area contributed by atoms with Crippen molar-refractivity contribution < 1.29 is 23.5 Å². The van der Waals surface area contributed by atoms with E-state index < -0.39 is 5.82 Å². The fourth-order valence-electron chi connectivity index (χ4n) is 2.88. The Bertz CT molecular complexity index is 888. The third kappa shape index (κ3) is 6.17. The van der Waals surface area contributed by atoms with Crippen LogP contribution in [0.15, 0.2) is 64.9 Å². The first kappa shape index (κ1) is 21.1. The minimum atomic E-state index is -0.492. The predicted octanol–water partition coefficient (Wildman–Crippen LogP) is 3.94. The minimum Gasteiger partial charge on any atom is -0.490 e. The van der Waals surface area contributed by atoms with Crippen molar-refractivity contribution in [2.45, 2.75) is 17.9 Å². The van der Waals surface area contributed by atoms with E-state index in [0.717, 1.165) is 11.0 Å². The minimum absolute atomic E-state index is 0.0899. The van der Waals surface area contributed by atoms with Crippen molar-refractivity contribution in [2.24, 2.45) is 0 Å². The van der Waals surface area contributed by atoms with Gasteiger partial charge in [-0.2, -0.15) is 0 Å². The molecule has 0 aliphatic carbocycles. The third-order valence-corrected chi connectivity index (χ3v) is 5.17. The zero-order valence-corrected chi connectivity index (χ0v) is 16.9. The van der Waals surface area contributed by atoms with Crippen molar-refractivity contribution in [1.29, 1.82) is 0 Å². The highest BCUT2D eigenvalue weighted by molar-refractivity contribution is 8.02. The number of hydrogen-bond donors (Lipinski definition) is 0. The molecule has 7 heteroatoms. The summed E-state index contributed by atoms with van der Waals surface area (Å²) >= 11 is 1.48. The Morgan fingerprint density at radius 3 is 2.83 bits per heavy atom. The lowest BCUT2D eigenvalue weighted by molar-refractivity contribution is -0.134. The molecule has 0 radical (unpaired) electrons. The van der Waals surface area contributed by atoms with Gasteiger partial charge in [-0.05, 0) is 42.7 Å². The molecule has 2 aromatic rings. The van der Waals surface area contributed by atoms with Crippen LogP contribution in [0.3, 0.4) is 0 Å². The van der Waals surface area contributed by atoms with Gasteiger partial charge in [0.25, 0.3) is 0 Å². The number of ether oxygens (including phenoxy) is 2. The summed E-state index contributed by atoms with van der Waals surface area (Å²) in [5.74, 6) is -0.548. The number of carbonyl (C=O) groups is 2. The zero-order valence-electron chi connectivity index (χ0n) is 16.0. The lowest BCUT2D eigenvalue weighted by Gasteiger charge is -2.32. The number of hydrogen-bond acceptors (Lipinski definition) is 5. The summed E-state index contributed by atoms with van der Waals surface area (Å²) in [7, 11) is 0. The highest BCUT2D eigenvalue weighted by atomic mass is 32.2. The van der Waals surface area contributed by atoms with Crippen LogP contribution in [0.2, 0.25) is 0 Å². The monoisotopic (exact) mass is 415 g/mol. The zero-order chi connectivity index (χ0) is 20.6. The molecule has 1 unspecified atom stereocenters. The van der Waals surface area contributed by atoms with Gasteiger partial charge >= 0.3 is 0 Å². The van der Waals surface area contributed by atoms with E-state index in [4.69, 9.17) is 9.47 Å². The summed E-state index contributed by atoms with van der Waals surface area (Å²) in [6.07, 6.45) is 1.22. The van der Waals surface area contributed by atoms with Crippen LogP contribution < -0.4 is 4.74 Å². The molecule has 1 aliphatic heterocycles. The van der Waals surface area contributed by atoms with Crippen molar-refractivity contribution in [3.8, 4) is 5.75 Å². The molecule has 0 N–H and O–H groups in total. The maximum atomic E-state index is 13.4. The molecule has 29 heavy (non-hydrogen) atoms. The van der Waals surface area contributed by atoms with Crippen LogP contribution in [0.4, 0.5) is 4.39 Å². The molecule has 152 valence electrons. The van der Waals surface area contributed by atoms with Gasteiger partial charge in [-0.1, -0.05) is 30.0 Å². The average Bonchev–Trinajstić information content (AvgIpc) is 2.73. The quantitative estimate of drug-likeness (QED) is 0.390. The SMILES string of the molecule is CC(=O)c1cc(F)ccc1OCC1CN(C(=O)C=CSc2ccccc2)CCO1. The maximum Gasteiger partial charge on any atom is 0.247 e. The molecule has 0 aromatic heterocycles. The van der Waals surface area contributed by atoms with E-state index in [2.05, 4.69) is 0 Å². The van der Waals surface area contributed by atoms with E-state index in [9.17, 15) is 14.0 Å². The average molecular weight is 415 g/mol. The van der Waals surface area contributed by atoms with Gasteiger partial charge in [-0.3, -0.25) is 9.59 Å². The molecule has 1 fully saturated rings. The van der Waals surface area contributed by atoms with Crippen LogP contribution in [0, 0.1) is 5.82 Å². The second kappa shape index (κ2) is 10.2. The summed E-state index contributed by atoms with van der Waals surface area (Å²) in [6, 6.07) is 13.6. The molecule has 1 amide bonds. The van der Waals surface area contributed by atoms with Crippen molar-refractivity contribution >= 4 is 23.5 Å². The second-order valence-electron chi connectivity index (χ2n) is 6.52. The summed E-state index contributed by atoms with van der Waals surface area (Å²) in [5, 5.41) is 1.77. The van der Waals surface area contributed by atoms with E-state index in [-0.39, 0.29) is 30.0 Å². The number of morpholine rings is 1. The van der Waals surface area contributed by atoms with Crippen LogP contribution in [-0.4, -0.2) is 49.0 Å². The first-order valence-electron chi connectivity index (χ1n) is 9.25. The van der Waals surface area contributed by atoms with Gasteiger partial charge in [0, 0.05) is 17.5 Å². The van der Waals surface area contributed by atoms with Crippen LogP contribution in [0.25, 0.3) is 0 Å². The highest BCUT2D eigenvalue weighted by Gasteiger charge is 2.24. The fraction of sp³-hybridized carbons (Fsp3) is 0.273. The number of rotatable bonds is 7. The largest absolute Gasteiger partial charge is 0.490 e. The van der Waals surface area contributed by atoms with Gasteiger partial charge in [-0.25, -0.2) is 4.39 Å². The van der Waals surface area contributed by atoms with E-state index in [1.165, 1.54) is 30.8 Å². The number of halogens is 1. The van der Waals surface area contributed by atoms with Crippen LogP contribution in [0.5, 0.6) is 5.75 Å². The second-order valence-corrected chi connectivity index (χ2v) is 7.50. The number of amides is 1. The molecule has 3 rings (SSSR count). The van der Waals surface area contributed by atoms with Crippen molar-refractivity contribution in [3.63, 3.8) is 0 Å². The standard InChI is InChI=1S/C22H22FNO4S/c1-16(25)20-13-17(23)7-8-21(20)28-15-18-14-24(10-11-27-18)22(26)9-12-29-19-5-3-2-4-6-19/h2-9,12-13,18H,10-11,14-15H2,1H3. The Balaban J connectivity index is 1.53. The van der Waals surface area contributed by atoms with Crippen LogP contribution in [0.1, 0.15) is 17.3 Å². The van der Waals surface area contributed by atoms with E-state index in [0.29, 0.717) is 25.4 Å². The Morgan fingerprint density at radius 2 is 2.07 bits per heavy atom. The number of carbonyl (C=O) groups excluding carboxylic acids is 2. The lowest BCUT2D eigenvalue weighted by atomic mass is 10.1. The molecule has 2 aromatic carbocycles. The molecule has 0 saturated carbocycles. The molecule has 0 bridgehead atoms. The van der Waals surface area contributed by atoms with Gasteiger partial charge in [0.05, 0.1) is 18.7 Å². The van der Waals surface area contributed by atoms with Crippen molar-refractivity contribution in [1.82, 2.24) is 4.90 Å². The normalized spacial score (nSPS) is 16.8. The number of Topliss-reactive ketones (excluding diaryl/α,β-unsaturated/α-hetero) is 1. The first-order chi connectivity index (χ1) is 14.0. The van der Waals surface area contributed by atoms with E-state index in [1.807, 2.05) is 30.3 Å². The summed E-state index contributed by atoms with van der Waals surface area (Å²) in [6.45, 7) is 2.82. The van der Waals surface area contributed by atoms with E-state index in [1.54, 1.807) is 16.4 Å². The molecule has 5 nitrogen and oxygen atoms in total. The Hall–Kier alpha value is -2.64. The fourth-order valence-corrected chi connectivity index (χ4v) is 3.54. The Kier molecular flexibility index (Phi) is 7.43. The third-order valence-electron chi connectivity index (χ3n) is 4.35. The van der Waals surface area contributed by atoms with Crippen LogP contribution >= 0.6 is 11.8 Å². The summed E-state index contributed by atoms with van der Waals surface area (Å²) in [5.41, 5.74) is 0.189. The Labute approximate surface area is 173 Å². The molecular weight excluding hydrogens is 393 g/mol. The predicted molar refractivity (Wildman–Crippen MR) is 110 cm³/mol. The smallest absolute Gasteiger partial charge is 0.247 e. The first-order valence-corrected chi connectivity index (χ1v) is 10.1. The lowest BCUT2D eigenvalue weighted by Crippen LogP contribution is -2.47. The van der Waals surface area contributed by atoms with Crippen molar-refractivity contribution in [3.05, 3.63) is 71.4 Å². The molecule has 0 spiro atoms.